The van der Waals surface area contributed by atoms with E-state index in [2.05, 4.69) is 5.32 Å². The van der Waals surface area contributed by atoms with Gasteiger partial charge >= 0.3 is 5.97 Å². The molecule has 1 aromatic carbocycles. The lowest BCUT2D eigenvalue weighted by Crippen LogP contribution is -2.70. The number of rotatable bonds is 6. The third-order valence-corrected chi connectivity index (χ3v) is 6.84. The summed E-state index contributed by atoms with van der Waals surface area (Å²) in [5, 5.41) is 2.70. The summed E-state index contributed by atoms with van der Waals surface area (Å²) in [5.74, 6) is -0.203. The number of nitrogens with zero attached hydrogens (tertiary/aromatic N) is 1. The molecule has 29 heavy (non-hydrogen) atoms. The van der Waals surface area contributed by atoms with Gasteiger partial charge in [0, 0.05) is 4.75 Å². The zero-order valence-electron chi connectivity index (χ0n) is 15.6. The number of para-hydroxylation sites is 1. The number of halogens is 3. The van der Waals surface area contributed by atoms with Gasteiger partial charge in [0.25, 0.3) is 5.91 Å². The number of ether oxygens (including phenoxy) is 2. The Morgan fingerprint density at radius 3 is 2.55 bits per heavy atom. The topological polar surface area (TPSA) is 67.9 Å². The molecule has 2 heterocycles. The molecular weight excluding hydrogens is 479 g/mol. The number of nitrogens with one attached hydrogen (secondary N) is 1. The molecule has 11 heteroatoms. The second kappa shape index (κ2) is 8.67. The van der Waals surface area contributed by atoms with Crippen molar-refractivity contribution in [3.63, 3.8) is 0 Å². The van der Waals surface area contributed by atoms with Crippen LogP contribution in [-0.4, -0.2) is 61.0 Å². The minimum Gasteiger partial charge on any atom is -0.484 e. The van der Waals surface area contributed by atoms with E-state index in [1.807, 2.05) is 32.0 Å². The summed E-state index contributed by atoms with van der Waals surface area (Å²) < 4.78 is 8.45. The maximum atomic E-state index is 12.6. The van der Waals surface area contributed by atoms with E-state index in [0.717, 1.165) is 0 Å². The van der Waals surface area contributed by atoms with Gasteiger partial charge in [-0.25, -0.2) is 4.79 Å². The van der Waals surface area contributed by atoms with Gasteiger partial charge in [0.2, 0.25) is 3.79 Å². The van der Waals surface area contributed by atoms with E-state index in [1.54, 1.807) is 17.0 Å². The number of thiocarbonyl (C=S) groups is 1. The summed E-state index contributed by atoms with van der Waals surface area (Å²) >= 11 is 24.0. The highest BCUT2D eigenvalue weighted by Gasteiger charge is 2.62. The fraction of sp³-hybridized carbons (Fsp3) is 0.500. The molecule has 0 bridgehead atoms. The number of thioether (sulfide) groups is 1. The van der Waals surface area contributed by atoms with E-state index < -0.39 is 20.6 Å². The number of amides is 1. The molecule has 2 aliphatic rings. The average Bonchev–Trinajstić information content (AvgIpc) is 2.91. The van der Waals surface area contributed by atoms with Crippen molar-refractivity contribution in [1.82, 2.24) is 10.2 Å². The fourth-order valence-electron chi connectivity index (χ4n) is 3.24. The van der Waals surface area contributed by atoms with Crippen molar-refractivity contribution >= 4 is 75.6 Å². The van der Waals surface area contributed by atoms with Crippen LogP contribution in [-0.2, 0) is 14.3 Å². The first-order valence-corrected chi connectivity index (χ1v) is 11.1. The lowest BCUT2D eigenvalue weighted by molar-refractivity contribution is -0.149. The number of carbonyl (C=O) groups is 2. The minimum absolute atomic E-state index is 0.126. The van der Waals surface area contributed by atoms with Crippen LogP contribution in [0.2, 0.25) is 0 Å². The maximum absolute atomic E-state index is 12.6. The van der Waals surface area contributed by atoms with Crippen LogP contribution in [0.25, 0.3) is 0 Å². The predicted molar refractivity (Wildman–Crippen MR) is 119 cm³/mol. The third kappa shape index (κ3) is 5.22. The molecule has 1 aromatic rings. The highest BCUT2D eigenvalue weighted by molar-refractivity contribution is 8.02. The van der Waals surface area contributed by atoms with Crippen molar-refractivity contribution in [3.8, 4) is 5.75 Å². The Labute approximate surface area is 193 Å². The quantitative estimate of drug-likeness (QED) is 0.367. The van der Waals surface area contributed by atoms with Gasteiger partial charge in [0.05, 0.1) is 0 Å². The smallest absolute Gasteiger partial charge is 0.330 e. The molecule has 3 rings (SSSR count). The van der Waals surface area contributed by atoms with Crippen LogP contribution < -0.4 is 10.1 Å². The molecule has 6 nitrogen and oxygen atoms in total. The zero-order chi connectivity index (χ0) is 21.4. The maximum Gasteiger partial charge on any atom is 0.330 e. The van der Waals surface area contributed by atoms with Crippen LogP contribution in [0.5, 0.6) is 5.75 Å². The van der Waals surface area contributed by atoms with Crippen LogP contribution in [0, 0.1) is 0 Å². The van der Waals surface area contributed by atoms with Crippen LogP contribution in [0.3, 0.4) is 0 Å². The highest BCUT2D eigenvalue weighted by atomic mass is 35.6. The van der Waals surface area contributed by atoms with E-state index in [0.29, 0.717) is 10.7 Å². The first kappa shape index (κ1) is 22.7. The van der Waals surface area contributed by atoms with Gasteiger partial charge in [-0.1, -0.05) is 65.2 Å². The summed E-state index contributed by atoms with van der Waals surface area (Å²) in [5.41, 5.74) is 0. The number of esters is 1. The van der Waals surface area contributed by atoms with Gasteiger partial charge in [-0.15, -0.1) is 11.8 Å². The van der Waals surface area contributed by atoms with E-state index in [4.69, 9.17) is 56.5 Å². The number of hydrogen-bond donors (Lipinski definition) is 1. The standard InChI is InChI=1S/C18H19Cl3N2O4S2/c1-17(2)13(16(25)27-9-18(19,20)21)23-14(28)12(15(23)29-17)22-11(24)8-26-10-6-4-3-5-7-10/h3-7,12-13,15H,8-9H2,1-2H3,(H,22,24)/t12-,13?,15?/m1/s1. The largest absolute Gasteiger partial charge is 0.484 e. The second-order valence-corrected chi connectivity index (χ2v) is 11.8. The first-order valence-electron chi connectivity index (χ1n) is 8.70. The molecule has 3 atom stereocenters. The van der Waals surface area contributed by atoms with Crippen molar-refractivity contribution in [3.05, 3.63) is 30.3 Å². The predicted octanol–water partition coefficient (Wildman–Crippen LogP) is 3.33. The zero-order valence-corrected chi connectivity index (χ0v) is 19.5. The van der Waals surface area contributed by atoms with Crippen molar-refractivity contribution in [1.29, 1.82) is 0 Å². The molecule has 2 saturated heterocycles. The normalized spacial score (nSPS) is 25.1. The van der Waals surface area contributed by atoms with Crippen molar-refractivity contribution < 1.29 is 19.1 Å². The van der Waals surface area contributed by atoms with Gasteiger partial charge in [-0.3, -0.25) is 4.79 Å². The summed E-state index contributed by atoms with van der Waals surface area (Å²) in [4.78, 5) is 27.1. The molecule has 0 aromatic heterocycles. The molecular formula is C18H19Cl3N2O4S2. The van der Waals surface area contributed by atoms with Gasteiger partial charge < -0.3 is 19.7 Å². The number of hydrogen-bond acceptors (Lipinski definition) is 6. The van der Waals surface area contributed by atoms with E-state index in [-0.39, 0.29) is 30.5 Å². The molecule has 0 aliphatic carbocycles. The molecule has 2 aliphatic heterocycles. The summed E-state index contributed by atoms with van der Waals surface area (Å²) in [7, 11) is 0. The molecule has 0 saturated carbocycles. The highest BCUT2D eigenvalue weighted by Crippen LogP contribution is 2.51. The third-order valence-electron chi connectivity index (χ3n) is 4.47. The van der Waals surface area contributed by atoms with E-state index in [1.165, 1.54) is 11.8 Å². The lowest BCUT2D eigenvalue weighted by Gasteiger charge is -2.46. The Morgan fingerprint density at radius 1 is 1.28 bits per heavy atom. The van der Waals surface area contributed by atoms with Gasteiger partial charge in [0.15, 0.2) is 6.61 Å². The first-order chi connectivity index (χ1) is 13.5. The Morgan fingerprint density at radius 2 is 1.93 bits per heavy atom. The van der Waals surface area contributed by atoms with Crippen LogP contribution >= 0.6 is 58.8 Å². The average molecular weight is 498 g/mol. The van der Waals surface area contributed by atoms with Gasteiger partial charge in [0.1, 0.15) is 34.8 Å². The number of benzene rings is 1. The molecule has 1 amide bonds. The number of fused-ring (bicyclic) bond motifs is 1. The van der Waals surface area contributed by atoms with Crippen LogP contribution in [0.1, 0.15) is 13.8 Å². The summed E-state index contributed by atoms with van der Waals surface area (Å²) in [6.45, 7) is 3.35. The molecule has 1 N–H and O–H groups in total. The van der Waals surface area contributed by atoms with Crippen molar-refractivity contribution in [2.24, 2.45) is 0 Å². The fourth-order valence-corrected chi connectivity index (χ4v) is 5.61. The summed E-state index contributed by atoms with van der Waals surface area (Å²) in [6.07, 6.45) is 0. The molecule has 0 radical (unpaired) electrons. The SMILES string of the molecule is CC1(C)SC2[C@H](NC(=O)COc3ccccc3)C(=S)N2C1C(=O)OCC(Cl)(Cl)Cl. The molecule has 2 fully saturated rings. The Hall–Kier alpha value is -0.930. The molecule has 0 spiro atoms. The van der Waals surface area contributed by atoms with Crippen molar-refractivity contribution in [2.75, 3.05) is 13.2 Å². The Bertz CT molecular complexity index is 804. The Balaban J connectivity index is 1.58. The minimum atomic E-state index is -1.68. The lowest BCUT2D eigenvalue weighted by atomic mass is 9.96. The van der Waals surface area contributed by atoms with Crippen LogP contribution in [0.4, 0.5) is 0 Å². The van der Waals surface area contributed by atoms with Gasteiger partial charge in [-0.05, 0) is 26.0 Å². The monoisotopic (exact) mass is 496 g/mol. The summed E-state index contributed by atoms with van der Waals surface area (Å²) in [6, 6.07) is 8.05. The Kier molecular flexibility index (Phi) is 6.80. The number of alkyl halides is 3. The molecule has 158 valence electrons. The van der Waals surface area contributed by atoms with E-state index >= 15 is 0 Å². The second-order valence-electron chi connectivity index (χ2n) is 7.13. The van der Waals surface area contributed by atoms with E-state index in [9.17, 15) is 9.59 Å². The van der Waals surface area contributed by atoms with Crippen LogP contribution in [0.15, 0.2) is 30.3 Å². The molecule has 2 unspecified atom stereocenters. The number of carbonyl (C=O) groups excluding carboxylic acids is 2. The van der Waals surface area contributed by atoms with Gasteiger partial charge in [-0.2, -0.15) is 0 Å². The van der Waals surface area contributed by atoms with Crippen molar-refractivity contribution in [2.45, 2.75) is 39.8 Å².